The summed E-state index contributed by atoms with van der Waals surface area (Å²) in [6.07, 6.45) is 1.80. The van der Waals surface area contributed by atoms with E-state index in [0.29, 0.717) is 11.0 Å². The highest BCUT2D eigenvalue weighted by Gasteiger charge is 2.19. The molecule has 2 N–H and O–H groups in total. The molecule has 0 radical (unpaired) electrons. The molecule has 4 nitrogen and oxygen atoms in total. The fourth-order valence-electron chi connectivity index (χ4n) is 1.67. The van der Waals surface area contributed by atoms with Crippen molar-refractivity contribution < 1.29 is 4.79 Å². The first-order valence-electron chi connectivity index (χ1n) is 6.11. The van der Waals surface area contributed by atoms with Crippen LogP contribution in [-0.4, -0.2) is 11.0 Å². The molecule has 0 aliphatic heterocycles. The number of nitrogens with zero attached hydrogens (tertiary/aromatic N) is 2. The second-order valence-electron chi connectivity index (χ2n) is 4.71. The van der Waals surface area contributed by atoms with Crippen molar-refractivity contribution in [3.05, 3.63) is 40.9 Å². The van der Waals surface area contributed by atoms with E-state index in [9.17, 15) is 4.79 Å². The molecule has 0 fully saturated rings. The van der Waals surface area contributed by atoms with Gasteiger partial charge >= 0.3 is 6.03 Å². The van der Waals surface area contributed by atoms with Crippen molar-refractivity contribution in [2.75, 3.05) is 4.90 Å². The number of carbonyl (C=O) groups is 1. The Morgan fingerprint density at radius 2 is 1.95 bits per heavy atom. The third-order valence-corrected chi connectivity index (χ3v) is 4.07. The van der Waals surface area contributed by atoms with Crippen LogP contribution < -0.4 is 10.6 Å². The van der Waals surface area contributed by atoms with Crippen LogP contribution >= 0.6 is 11.3 Å². The molecule has 0 spiro atoms. The van der Waals surface area contributed by atoms with Gasteiger partial charge in [0.2, 0.25) is 0 Å². The van der Waals surface area contributed by atoms with Crippen LogP contribution in [0, 0.1) is 6.92 Å². The maximum absolute atomic E-state index is 11.7. The van der Waals surface area contributed by atoms with Crippen LogP contribution in [0.25, 0.3) is 0 Å². The predicted octanol–water partition coefficient (Wildman–Crippen LogP) is 3.79. The lowest BCUT2D eigenvalue weighted by Crippen LogP contribution is -2.31. The van der Waals surface area contributed by atoms with Crippen LogP contribution in [0.4, 0.5) is 15.6 Å². The molecule has 0 saturated heterocycles. The minimum absolute atomic E-state index is 0.388. The number of hydrogen-bond donors (Lipinski definition) is 1. The average molecular weight is 275 g/mol. The van der Waals surface area contributed by atoms with Crippen molar-refractivity contribution in [3.8, 4) is 0 Å². The Hall–Kier alpha value is -1.88. The molecule has 100 valence electrons. The van der Waals surface area contributed by atoms with Gasteiger partial charge in [0.05, 0.1) is 5.69 Å². The zero-order valence-corrected chi connectivity index (χ0v) is 12.1. The number of aromatic nitrogens is 1. The first-order chi connectivity index (χ1) is 8.99. The molecule has 2 amide bonds. The van der Waals surface area contributed by atoms with Crippen molar-refractivity contribution in [3.63, 3.8) is 0 Å². The van der Waals surface area contributed by atoms with Crippen LogP contribution in [0.3, 0.4) is 0 Å². The number of carbonyl (C=O) groups excluding carboxylic acids is 1. The molecule has 19 heavy (non-hydrogen) atoms. The molecule has 0 aliphatic carbocycles. The van der Waals surface area contributed by atoms with Gasteiger partial charge in [0.15, 0.2) is 5.13 Å². The standard InChI is InChI=1S/C14H17N3OS/c1-9(2)12-8-16-14(19-12)17(13(15)18)11-6-4-10(3)5-7-11/h4-9H,1-3H3,(H2,15,18). The van der Waals surface area contributed by atoms with E-state index >= 15 is 0 Å². The minimum Gasteiger partial charge on any atom is -0.351 e. The Morgan fingerprint density at radius 3 is 2.42 bits per heavy atom. The van der Waals surface area contributed by atoms with Gasteiger partial charge in [0, 0.05) is 11.1 Å². The molecule has 0 bridgehead atoms. The van der Waals surface area contributed by atoms with E-state index in [0.717, 1.165) is 16.1 Å². The number of hydrogen-bond acceptors (Lipinski definition) is 3. The molecule has 0 aliphatic rings. The van der Waals surface area contributed by atoms with Crippen molar-refractivity contribution in [2.24, 2.45) is 5.73 Å². The highest BCUT2D eigenvalue weighted by Crippen LogP contribution is 2.32. The molecule has 5 heteroatoms. The predicted molar refractivity (Wildman–Crippen MR) is 79.1 cm³/mol. The fourth-order valence-corrected chi connectivity index (χ4v) is 2.62. The second-order valence-corrected chi connectivity index (χ2v) is 5.75. The normalized spacial score (nSPS) is 10.7. The van der Waals surface area contributed by atoms with Gasteiger partial charge in [-0.15, -0.1) is 11.3 Å². The molecule has 1 aromatic carbocycles. The zero-order valence-electron chi connectivity index (χ0n) is 11.3. The quantitative estimate of drug-likeness (QED) is 0.926. The lowest BCUT2D eigenvalue weighted by Gasteiger charge is -2.17. The number of anilines is 2. The lowest BCUT2D eigenvalue weighted by molar-refractivity contribution is 0.256. The van der Waals surface area contributed by atoms with Crippen LogP contribution in [-0.2, 0) is 0 Å². The van der Waals surface area contributed by atoms with Crippen LogP contribution in [0.2, 0.25) is 0 Å². The number of aryl methyl sites for hydroxylation is 1. The summed E-state index contributed by atoms with van der Waals surface area (Å²) in [4.78, 5) is 18.6. The van der Waals surface area contributed by atoms with Gasteiger partial charge < -0.3 is 5.73 Å². The second kappa shape index (κ2) is 5.40. The van der Waals surface area contributed by atoms with Gasteiger partial charge in [0.1, 0.15) is 0 Å². The monoisotopic (exact) mass is 275 g/mol. The average Bonchev–Trinajstić information content (AvgIpc) is 2.81. The van der Waals surface area contributed by atoms with E-state index < -0.39 is 6.03 Å². The van der Waals surface area contributed by atoms with Gasteiger partial charge in [-0.25, -0.2) is 14.7 Å². The van der Waals surface area contributed by atoms with E-state index in [-0.39, 0.29) is 0 Å². The summed E-state index contributed by atoms with van der Waals surface area (Å²) in [6, 6.07) is 7.12. The Bertz CT molecular complexity index is 575. The summed E-state index contributed by atoms with van der Waals surface area (Å²) in [5.41, 5.74) is 7.35. The Balaban J connectivity index is 2.39. The maximum Gasteiger partial charge on any atom is 0.325 e. The number of rotatable bonds is 3. The fraction of sp³-hybridized carbons (Fsp3) is 0.286. The molecule has 2 aromatic rings. The number of urea groups is 1. The van der Waals surface area contributed by atoms with E-state index in [1.807, 2.05) is 31.2 Å². The zero-order chi connectivity index (χ0) is 14.0. The van der Waals surface area contributed by atoms with Crippen LogP contribution in [0.5, 0.6) is 0 Å². The molecule has 0 saturated carbocycles. The van der Waals surface area contributed by atoms with Crippen molar-refractivity contribution >= 4 is 28.2 Å². The van der Waals surface area contributed by atoms with Crippen molar-refractivity contribution in [1.82, 2.24) is 4.98 Å². The topological polar surface area (TPSA) is 59.2 Å². The van der Waals surface area contributed by atoms with Gasteiger partial charge in [-0.1, -0.05) is 31.5 Å². The molecule has 1 aromatic heterocycles. The third-order valence-electron chi connectivity index (χ3n) is 2.78. The SMILES string of the molecule is Cc1ccc(N(C(N)=O)c2ncc(C(C)C)s2)cc1. The largest absolute Gasteiger partial charge is 0.351 e. The van der Waals surface area contributed by atoms with Gasteiger partial charge in [-0.2, -0.15) is 0 Å². The van der Waals surface area contributed by atoms with E-state index in [4.69, 9.17) is 5.73 Å². The van der Waals surface area contributed by atoms with E-state index in [1.165, 1.54) is 16.2 Å². The summed E-state index contributed by atoms with van der Waals surface area (Å²) in [6.45, 7) is 6.19. The minimum atomic E-state index is -0.520. The first-order valence-corrected chi connectivity index (χ1v) is 6.92. The molecular formula is C14H17N3OS. The molecule has 2 rings (SSSR count). The number of primary amides is 1. The van der Waals surface area contributed by atoms with Crippen molar-refractivity contribution in [1.29, 1.82) is 0 Å². The lowest BCUT2D eigenvalue weighted by atomic mass is 10.2. The summed E-state index contributed by atoms with van der Waals surface area (Å²) in [5.74, 6) is 0.388. The van der Waals surface area contributed by atoms with E-state index in [1.54, 1.807) is 6.20 Å². The number of amides is 2. The molecular weight excluding hydrogens is 258 g/mol. The van der Waals surface area contributed by atoms with Crippen molar-refractivity contribution in [2.45, 2.75) is 26.7 Å². The Morgan fingerprint density at radius 1 is 1.32 bits per heavy atom. The molecule has 1 heterocycles. The van der Waals surface area contributed by atoms with Gasteiger partial charge in [-0.05, 0) is 25.0 Å². The Kier molecular flexibility index (Phi) is 3.85. The number of thiazole rings is 1. The number of benzene rings is 1. The van der Waals surface area contributed by atoms with Crippen LogP contribution in [0.1, 0.15) is 30.2 Å². The molecule has 0 atom stereocenters. The third kappa shape index (κ3) is 2.93. The highest BCUT2D eigenvalue weighted by atomic mass is 32.1. The number of nitrogens with two attached hydrogens (primary N) is 1. The summed E-state index contributed by atoms with van der Waals surface area (Å²) in [7, 11) is 0. The van der Waals surface area contributed by atoms with Gasteiger partial charge in [-0.3, -0.25) is 0 Å². The summed E-state index contributed by atoms with van der Waals surface area (Å²) < 4.78 is 0. The van der Waals surface area contributed by atoms with E-state index in [2.05, 4.69) is 18.8 Å². The smallest absolute Gasteiger partial charge is 0.325 e. The maximum atomic E-state index is 11.7. The summed E-state index contributed by atoms with van der Waals surface area (Å²) in [5, 5.41) is 0.611. The van der Waals surface area contributed by atoms with Gasteiger partial charge in [0.25, 0.3) is 0 Å². The summed E-state index contributed by atoms with van der Waals surface area (Å²) >= 11 is 1.49. The highest BCUT2D eigenvalue weighted by molar-refractivity contribution is 7.15. The van der Waals surface area contributed by atoms with Crippen LogP contribution in [0.15, 0.2) is 30.5 Å². The molecule has 0 unspecified atom stereocenters. The Labute approximate surface area is 116 Å². The first kappa shape index (κ1) is 13.5.